The maximum atomic E-state index is 12.0. The number of nitrogens with zero attached hydrogens (tertiary/aromatic N) is 2. The minimum Gasteiger partial charge on any atom is -0.335 e. The predicted molar refractivity (Wildman–Crippen MR) is 59.1 cm³/mol. The Kier molecular flexibility index (Phi) is 2.56. The van der Waals surface area contributed by atoms with Gasteiger partial charge in [-0.3, -0.25) is 0 Å². The molecule has 0 aliphatic carbocycles. The lowest BCUT2D eigenvalue weighted by molar-refractivity contribution is 0.110. The number of H-pyrrole nitrogens is 1. The van der Waals surface area contributed by atoms with Crippen LogP contribution in [0, 0.1) is 5.92 Å². The Bertz CT molecular complexity index is 460. The van der Waals surface area contributed by atoms with Crippen molar-refractivity contribution in [3.8, 4) is 0 Å². The van der Waals surface area contributed by atoms with Gasteiger partial charge in [-0.2, -0.15) is 4.31 Å². The van der Waals surface area contributed by atoms with Crippen molar-refractivity contribution in [1.29, 1.82) is 0 Å². The van der Waals surface area contributed by atoms with E-state index in [1.54, 1.807) is 0 Å². The highest BCUT2D eigenvalue weighted by Gasteiger charge is 2.47. The van der Waals surface area contributed by atoms with Gasteiger partial charge in [0.05, 0.1) is 12.5 Å². The van der Waals surface area contributed by atoms with E-state index < -0.39 is 15.6 Å². The normalized spacial score (nSPS) is 21.0. The molecule has 0 aromatic carbocycles. The third-order valence-corrected chi connectivity index (χ3v) is 4.90. The molecule has 0 saturated carbocycles. The summed E-state index contributed by atoms with van der Waals surface area (Å²) in [5.41, 5.74) is 5.66. The van der Waals surface area contributed by atoms with Crippen LogP contribution in [0.5, 0.6) is 0 Å². The summed E-state index contributed by atoms with van der Waals surface area (Å²) in [6.07, 6.45) is 2.66. The van der Waals surface area contributed by atoms with Crippen LogP contribution in [0.4, 0.5) is 0 Å². The van der Waals surface area contributed by atoms with E-state index in [-0.39, 0.29) is 10.9 Å². The predicted octanol–water partition coefficient (Wildman–Crippen LogP) is -0.232. The summed E-state index contributed by atoms with van der Waals surface area (Å²) >= 11 is 0. The van der Waals surface area contributed by atoms with Gasteiger partial charge in [0.2, 0.25) is 0 Å². The van der Waals surface area contributed by atoms with Crippen LogP contribution in [-0.4, -0.2) is 41.3 Å². The molecule has 1 aliphatic heterocycles. The fourth-order valence-corrected chi connectivity index (χ4v) is 3.16. The first kappa shape index (κ1) is 11.6. The first-order chi connectivity index (χ1) is 7.36. The molecule has 1 saturated heterocycles. The second-order valence-electron chi connectivity index (χ2n) is 4.58. The number of aromatic amines is 1. The highest BCUT2D eigenvalue weighted by atomic mass is 32.2. The van der Waals surface area contributed by atoms with Crippen molar-refractivity contribution in [3.63, 3.8) is 0 Å². The van der Waals surface area contributed by atoms with Gasteiger partial charge in [0.25, 0.3) is 10.0 Å². The van der Waals surface area contributed by atoms with E-state index in [4.69, 9.17) is 5.73 Å². The van der Waals surface area contributed by atoms with Crippen molar-refractivity contribution in [2.24, 2.45) is 11.7 Å². The molecule has 0 bridgehead atoms. The zero-order chi connectivity index (χ0) is 12.0. The molecule has 0 unspecified atom stereocenters. The minimum atomic E-state index is -3.43. The number of sulfonamides is 1. The SMILES string of the molecule is CC(C)C1(N)CN(S(=O)(=O)c2cnc[nH]2)C1. The van der Waals surface area contributed by atoms with Gasteiger partial charge in [0, 0.05) is 18.6 Å². The molecule has 0 radical (unpaired) electrons. The first-order valence-electron chi connectivity index (χ1n) is 5.14. The molecular formula is C9H16N4O2S. The molecule has 0 atom stereocenters. The number of hydrogen-bond donors (Lipinski definition) is 2. The lowest BCUT2D eigenvalue weighted by atomic mass is 9.82. The van der Waals surface area contributed by atoms with Crippen molar-refractivity contribution in [3.05, 3.63) is 12.5 Å². The molecule has 3 N–H and O–H groups in total. The maximum absolute atomic E-state index is 12.0. The van der Waals surface area contributed by atoms with Crippen LogP contribution in [0.25, 0.3) is 0 Å². The zero-order valence-electron chi connectivity index (χ0n) is 9.34. The Balaban J connectivity index is 2.14. The van der Waals surface area contributed by atoms with E-state index >= 15 is 0 Å². The van der Waals surface area contributed by atoms with Gasteiger partial charge in [-0.05, 0) is 5.92 Å². The molecule has 0 spiro atoms. The van der Waals surface area contributed by atoms with Crippen LogP contribution >= 0.6 is 0 Å². The lowest BCUT2D eigenvalue weighted by Crippen LogP contribution is -2.70. The minimum absolute atomic E-state index is 0.123. The molecule has 16 heavy (non-hydrogen) atoms. The standard InChI is InChI=1S/C9H16N4O2S/c1-7(2)9(10)4-13(5-9)16(14,15)8-3-11-6-12-8/h3,6-7H,4-5,10H2,1-2H3,(H,11,12). The van der Waals surface area contributed by atoms with Crippen LogP contribution in [0.1, 0.15) is 13.8 Å². The quantitative estimate of drug-likeness (QED) is 0.768. The van der Waals surface area contributed by atoms with E-state index in [1.165, 1.54) is 16.8 Å². The average molecular weight is 244 g/mol. The summed E-state index contributed by atoms with van der Waals surface area (Å²) in [6, 6.07) is 0. The Hall–Kier alpha value is -0.920. The van der Waals surface area contributed by atoms with Crippen LogP contribution < -0.4 is 5.73 Å². The van der Waals surface area contributed by atoms with Crippen molar-refractivity contribution in [2.75, 3.05) is 13.1 Å². The number of aromatic nitrogens is 2. The molecule has 90 valence electrons. The molecule has 2 heterocycles. The van der Waals surface area contributed by atoms with Crippen molar-refractivity contribution < 1.29 is 8.42 Å². The number of imidazole rings is 1. The summed E-state index contributed by atoms with van der Waals surface area (Å²) in [4.78, 5) is 6.31. The number of hydrogen-bond acceptors (Lipinski definition) is 4. The number of nitrogens with two attached hydrogens (primary N) is 1. The second-order valence-corrected chi connectivity index (χ2v) is 6.48. The van der Waals surface area contributed by atoms with Crippen molar-refractivity contribution >= 4 is 10.0 Å². The number of nitrogens with one attached hydrogen (secondary N) is 1. The van der Waals surface area contributed by atoms with E-state index in [0.717, 1.165) is 0 Å². The van der Waals surface area contributed by atoms with Gasteiger partial charge >= 0.3 is 0 Å². The summed E-state index contributed by atoms with van der Waals surface area (Å²) < 4.78 is 25.3. The average Bonchev–Trinajstić information content (AvgIpc) is 2.65. The first-order valence-corrected chi connectivity index (χ1v) is 6.58. The smallest absolute Gasteiger partial charge is 0.260 e. The Morgan fingerprint density at radius 3 is 2.62 bits per heavy atom. The van der Waals surface area contributed by atoms with Gasteiger partial charge in [-0.15, -0.1) is 0 Å². The van der Waals surface area contributed by atoms with Crippen LogP contribution in [0.3, 0.4) is 0 Å². The highest BCUT2D eigenvalue weighted by Crippen LogP contribution is 2.30. The molecule has 1 fully saturated rings. The largest absolute Gasteiger partial charge is 0.335 e. The monoisotopic (exact) mass is 244 g/mol. The van der Waals surface area contributed by atoms with E-state index in [2.05, 4.69) is 9.97 Å². The number of rotatable bonds is 3. The van der Waals surface area contributed by atoms with Crippen LogP contribution in [0.2, 0.25) is 0 Å². The molecule has 1 aromatic rings. The fraction of sp³-hybridized carbons (Fsp3) is 0.667. The molecule has 1 aromatic heterocycles. The summed E-state index contributed by atoms with van der Waals surface area (Å²) in [5, 5.41) is 0.123. The summed E-state index contributed by atoms with van der Waals surface area (Å²) in [7, 11) is -3.43. The summed E-state index contributed by atoms with van der Waals surface area (Å²) in [6.45, 7) is 4.73. The lowest BCUT2D eigenvalue weighted by Gasteiger charge is -2.48. The van der Waals surface area contributed by atoms with E-state index in [1.807, 2.05) is 13.8 Å². The topological polar surface area (TPSA) is 92.1 Å². The summed E-state index contributed by atoms with van der Waals surface area (Å²) in [5.74, 6) is 0.265. The molecular weight excluding hydrogens is 228 g/mol. The molecule has 0 amide bonds. The maximum Gasteiger partial charge on any atom is 0.260 e. The Labute approximate surface area is 94.9 Å². The van der Waals surface area contributed by atoms with Gasteiger partial charge in [0.15, 0.2) is 5.03 Å². The van der Waals surface area contributed by atoms with Crippen LogP contribution in [-0.2, 0) is 10.0 Å². The van der Waals surface area contributed by atoms with E-state index in [0.29, 0.717) is 13.1 Å². The molecule has 6 nitrogen and oxygen atoms in total. The van der Waals surface area contributed by atoms with Crippen LogP contribution in [0.15, 0.2) is 17.6 Å². The van der Waals surface area contributed by atoms with Crippen molar-refractivity contribution in [2.45, 2.75) is 24.4 Å². The second kappa shape index (κ2) is 3.54. The zero-order valence-corrected chi connectivity index (χ0v) is 10.2. The molecule has 1 aliphatic rings. The van der Waals surface area contributed by atoms with Gasteiger partial charge in [-0.1, -0.05) is 13.8 Å². The van der Waals surface area contributed by atoms with E-state index in [9.17, 15) is 8.42 Å². The molecule has 2 rings (SSSR count). The van der Waals surface area contributed by atoms with Gasteiger partial charge in [-0.25, -0.2) is 13.4 Å². The van der Waals surface area contributed by atoms with Gasteiger partial charge < -0.3 is 10.7 Å². The Morgan fingerprint density at radius 1 is 1.56 bits per heavy atom. The molecule has 7 heteroatoms. The Morgan fingerprint density at radius 2 is 2.19 bits per heavy atom. The van der Waals surface area contributed by atoms with Crippen molar-refractivity contribution in [1.82, 2.24) is 14.3 Å². The third-order valence-electron chi connectivity index (χ3n) is 3.18. The fourth-order valence-electron chi connectivity index (χ4n) is 1.67. The third kappa shape index (κ3) is 1.64. The van der Waals surface area contributed by atoms with Gasteiger partial charge in [0.1, 0.15) is 0 Å². The highest BCUT2D eigenvalue weighted by molar-refractivity contribution is 7.89.